The van der Waals surface area contributed by atoms with Crippen LogP contribution in [0, 0.1) is 0 Å². The molecule has 0 spiro atoms. The molecule has 8 rings (SSSR count). The van der Waals surface area contributed by atoms with Gasteiger partial charge in [-0.15, -0.1) is 0 Å². The second-order valence-corrected chi connectivity index (χ2v) is 12.2. The molecule has 6 aromatic carbocycles. The predicted octanol–water partition coefficient (Wildman–Crippen LogP) is 11.3. The van der Waals surface area contributed by atoms with E-state index < -0.39 is 0 Å². The first-order valence-corrected chi connectivity index (χ1v) is 14.6. The fourth-order valence-electron chi connectivity index (χ4n) is 6.51. The molecule has 0 radical (unpaired) electrons. The molecule has 0 N–H and O–H groups in total. The minimum absolute atomic E-state index is 0.0753. The summed E-state index contributed by atoms with van der Waals surface area (Å²) in [6.07, 6.45) is 0. The van der Waals surface area contributed by atoms with Crippen LogP contribution in [0.5, 0.6) is 0 Å². The summed E-state index contributed by atoms with van der Waals surface area (Å²) in [4.78, 5) is 0. The molecular weight excluding hydrogens is 510 g/mol. The van der Waals surface area contributed by atoms with Crippen LogP contribution >= 0.6 is 0 Å². The van der Waals surface area contributed by atoms with E-state index in [0.717, 1.165) is 38.8 Å². The highest BCUT2D eigenvalue weighted by Gasteiger charge is 2.21. The van der Waals surface area contributed by atoms with Gasteiger partial charge in [-0.2, -0.15) is 0 Å². The first-order chi connectivity index (χ1) is 20.5. The van der Waals surface area contributed by atoms with E-state index in [1.807, 2.05) is 12.1 Å². The zero-order chi connectivity index (χ0) is 28.4. The van der Waals surface area contributed by atoms with Crippen LogP contribution in [-0.4, -0.2) is 4.57 Å². The summed E-state index contributed by atoms with van der Waals surface area (Å²) in [6.45, 7) is 6.84. The minimum atomic E-state index is 0.0753. The maximum atomic E-state index is 6.48. The van der Waals surface area contributed by atoms with Crippen molar-refractivity contribution in [3.63, 3.8) is 0 Å². The third-order valence-corrected chi connectivity index (χ3v) is 8.60. The van der Waals surface area contributed by atoms with Crippen molar-refractivity contribution in [2.75, 3.05) is 0 Å². The van der Waals surface area contributed by atoms with Crippen molar-refractivity contribution >= 4 is 43.7 Å². The van der Waals surface area contributed by atoms with E-state index in [0.29, 0.717) is 0 Å². The van der Waals surface area contributed by atoms with Crippen molar-refractivity contribution in [3.8, 4) is 27.9 Å². The number of para-hydroxylation sites is 4. The maximum absolute atomic E-state index is 6.48. The Bertz CT molecular complexity index is 2290. The van der Waals surface area contributed by atoms with Gasteiger partial charge in [0.1, 0.15) is 11.2 Å². The molecule has 2 heteroatoms. The van der Waals surface area contributed by atoms with E-state index in [9.17, 15) is 0 Å². The number of hydrogen-bond donors (Lipinski definition) is 0. The lowest BCUT2D eigenvalue weighted by Gasteiger charge is -2.20. The number of furan rings is 1. The number of fused-ring (bicyclic) bond motifs is 6. The molecule has 2 nitrogen and oxygen atoms in total. The van der Waals surface area contributed by atoms with Crippen molar-refractivity contribution in [2.24, 2.45) is 0 Å². The lowest BCUT2D eigenvalue weighted by Crippen LogP contribution is -2.10. The summed E-state index contributed by atoms with van der Waals surface area (Å²) >= 11 is 0. The highest BCUT2D eigenvalue weighted by molar-refractivity contribution is 6.12. The topological polar surface area (TPSA) is 18.1 Å². The molecule has 0 amide bonds. The Morgan fingerprint density at radius 2 is 1.07 bits per heavy atom. The third kappa shape index (κ3) is 3.72. The molecule has 2 heterocycles. The highest BCUT2D eigenvalue weighted by atomic mass is 16.3. The molecule has 0 aliphatic heterocycles. The number of aromatic nitrogens is 1. The van der Waals surface area contributed by atoms with Crippen LogP contribution in [0.15, 0.2) is 138 Å². The average Bonchev–Trinajstić information content (AvgIpc) is 3.56. The van der Waals surface area contributed by atoms with Crippen molar-refractivity contribution in [3.05, 3.63) is 139 Å². The fraction of sp³-hybridized carbons (Fsp3) is 0.100. The van der Waals surface area contributed by atoms with E-state index in [1.54, 1.807) is 0 Å². The predicted molar refractivity (Wildman–Crippen MR) is 178 cm³/mol. The van der Waals surface area contributed by atoms with Crippen LogP contribution in [0.25, 0.3) is 71.7 Å². The first-order valence-electron chi connectivity index (χ1n) is 14.6. The second kappa shape index (κ2) is 9.22. The van der Waals surface area contributed by atoms with Gasteiger partial charge in [0.25, 0.3) is 0 Å². The van der Waals surface area contributed by atoms with E-state index >= 15 is 0 Å². The summed E-state index contributed by atoms with van der Waals surface area (Å²) in [5, 5.41) is 4.84. The molecule has 202 valence electrons. The van der Waals surface area contributed by atoms with Gasteiger partial charge in [0.15, 0.2) is 0 Å². The standard InChI is InChI=1S/C40H31NO/c1-40(2,3)26-23-24-37-34(25-26)30-16-7-10-21-36(30)41(37)35-20-9-6-15-29(35)27-13-4-5-14-28(27)32-18-12-19-33-31-17-8-11-22-38(31)42-39(32)33/h4-25H,1-3H3. The normalized spacial score (nSPS) is 12.2. The summed E-state index contributed by atoms with van der Waals surface area (Å²) in [6, 6.07) is 48.0. The Morgan fingerprint density at radius 1 is 0.476 bits per heavy atom. The Balaban J connectivity index is 1.40. The van der Waals surface area contributed by atoms with E-state index in [4.69, 9.17) is 4.42 Å². The Morgan fingerprint density at radius 3 is 1.88 bits per heavy atom. The largest absolute Gasteiger partial charge is 0.455 e. The van der Waals surface area contributed by atoms with Crippen LogP contribution in [0.3, 0.4) is 0 Å². The molecule has 0 aliphatic carbocycles. The van der Waals surface area contributed by atoms with Crippen LogP contribution in [0.4, 0.5) is 0 Å². The van der Waals surface area contributed by atoms with Gasteiger partial charge in [-0.25, -0.2) is 0 Å². The van der Waals surface area contributed by atoms with Gasteiger partial charge in [-0.1, -0.05) is 124 Å². The quantitative estimate of drug-likeness (QED) is 0.217. The zero-order valence-electron chi connectivity index (χ0n) is 24.1. The summed E-state index contributed by atoms with van der Waals surface area (Å²) < 4.78 is 8.92. The van der Waals surface area contributed by atoms with Gasteiger partial charge in [-0.05, 0) is 52.4 Å². The molecule has 42 heavy (non-hydrogen) atoms. The molecule has 0 atom stereocenters. The van der Waals surface area contributed by atoms with Crippen molar-refractivity contribution < 1.29 is 4.42 Å². The third-order valence-electron chi connectivity index (χ3n) is 8.60. The van der Waals surface area contributed by atoms with Gasteiger partial charge in [0.05, 0.1) is 16.7 Å². The maximum Gasteiger partial charge on any atom is 0.143 e. The number of rotatable bonds is 3. The fourth-order valence-corrected chi connectivity index (χ4v) is 6.51. The molecule has 0 aliphatic rings. The van der Waals surface area contributed by atoms with Gasteiger partial charge in [-0.3, -0.25) is 0 Å². The van der Waals surface area contributed by atoms with Crippen LogP contribution in [0.2, 0.25) is 0 Å². The van der Waals surface area contributed by atoms with Crippen LogP contribution < -0.4 is 0 Å². The Hall–Kier alpha value is -5.08. The lowest BCUT2D eigenvalue weighted by atomic mass is 9.86. The zero-order valence-corrected chi connectivity index (χ0v) is 24.1. The Kier molecular flexibility index (Phi) is 5.42. The summed E-state index contributed by atoms with van der Waals surface area (Å²) in [5.41, 5.74) is 11.5. The minimum Gasteiger partial charge on any atom is -0.455 e. The molecule has 0 unspecified atom stereocenters. The molecule has 2 aromatic heterocycles. The SMILES string of the molecule is CC(C)(C)c1ccc2c(c1)c1ccccc1n2-c1ccccc1-c1ccccc1-c1cccc2c1oc1ccccc12. The second-order valence-electron chi connectivity index (χ2n) is 12.2. The molecular formula is C40H31NO. The summed E-state index contributed by atoms with van der Waals surface area (Å²) in [5.74, 6) is 0. The Labute approximate surface area is 245 Å². The van der Waals surface area contributed by atoms with Gasteiger partial charge in [0.2, 0.25) is 0 Å². The highest BCUT2D eigenvalue weighted by Crippen LogP contribution is 2.43. The van der Waals surface area contributed by atoms with Gasteiger partial charge >= 0.3 is 0 Å². The average molecular weight is 542 g/mol. The van der Waals surface area contributed by atoms with Crippen molar-refractivity contribution in [1.82, 2.24) is 4.57 Å². The van der Waals surface area contributed by atoms with E-state index in [2.05, 4.69) is 147 Å². The molecule has 0 saturated heterocycles. The molecule has 0 fully saturated rings. The van der Waals surface area contributed by atoms with Crippen molar-refractivity contribution in [2.45, 2.75) is 26.2 Å². The number of benzene rings is 6. The van der Waals surface area contributed by atoms with Crippen molar-refractivity contribution in [1.29, 1.82) is 0 Å². The van der Waals surface area contributed by atoms with E-state index in [-0.39, 0.29) is 5.41 Å². The molecule has 0 saturated carbocycles. The smallest absolute Gasteiger partial charge is 0.143 e. The van der Waals surface area contributed by atoms with Crippen LogP contribution in [-0.2, 0) is 5.41 Å². The van der Waals surface area contributed by atoms with Gasteiger partial charge in [0, 0.05) is 32.7 Å². The van der Waals surface area contributed by atoms with Gasteiger partial charge < -0.3 is 8.98 Å². The number of hydrogen-bond acceptors (Lipinski definition) is 1. The molecule has 8 aromatic rings. The van der Waals surface area contributed by atoms with E-state index in [1.165, 1.54) is 38.5 Å². The summed E-state index contributed by atoms with van der Waals surface area (Å²) in [7, 11) is 0. The molecule has 0 bridgehead atoms. The van der Waals surface area contributed by atoms with Crippen LogP contribution in [0.1, 0.15) is 26.3 Å². The number of nitrogens with zero attached hydrogens (tertiary/aromatic N) is 1. The monoisotopic (exact) mass is 541 g/mol. The lowest BCUT2D eigenvalue weighted by molar-refractivity contribution is 0.591. The first kappa shape index (κ1) is 24.7.